The predicted octanol–water partition coefficient (Wildman–Crippen LogP) is 4.77. The van der Waals surface area contributed by atoms with Crippen LogP contribution in [0.3, 0.4) is 0 Å². The molecule has 1 atom stereocenters. The number of phenolic OH excluding ortho intramolecular Hbond substituents is 1. The first-order chi connectivity index (χ1) is 13.0. The molecule has 0 aliphatic rings. The molecule has 4 N–H and O–H groups in total. The van der Waals surface area contributed by atoms with Gasteiger partial charge in [0.05, 0.1) is 10.5 Å². The summed E-state index contributed by atoms with van der Waals surface area (Å²) in [5.74, 6) is 0.330. The van der Waals surface area contributed by atoms with E-state index in [0.29, 0.717) is 28.0 Å². The van der Waals surface area contributed by atoms with E-state index in [9.17, 15) is 9.90 Å². The molecule has 0 aliphatic heterocycles. The van der Waals surface area contributed by atoms with Gasteiger partial charge in [-0.25, -0.2) is 0 Å². The maximum absolute atomic E-state index is 12.4. The Labute approximate surface area is 161 Å². The third kappa shape index (κ3) is 2.87. The fourth-order valence-electron chi connectivity index (χ4n) is 3.52. The molecular weight excluding hydrogens is 360 g/mol. The predicted molar refractivity (Wildman–Crippen MR) is 112 cm³/mol. The summed E-state index contributed by atoms with van der Waals surface area (Å²) in [6.45, 7) is 2.64. The molecule has 3 aromatic carbocycles. The Balaban J connectivity index is 2.09. The lowest BCUT2D eigenvalue weighted by molar-refractivity contribution is 0.478. The van der Waals surface area contributed by atoms with Crippen LogP contribution in [0.1, 0.15) is 18.4 Å². The summed E-state index contributed by atoms with van der Waals surface area (Å²) in [5.41, 5.74) is 8.70. The van der Waals surface area contributed by atoms with Crippen LogP contribution in [0, 0.1) is 0 Å². The summed E-state index contributed by atoms with van der Waals surface area (Å²) >= 11 is 6.34. The van der Waals surface area contributed by atoms with Gasteiger partial charge in [0.25, 0.3) is 5.56 Å². The minimum Gasteiger partial charge on any atom is -0.507 e. The number of hydrogen-bond acceptors (Lipinski definition) is 3. The van der Waals surface area contributed by atoms with Crippen LogP contribution in [0.15, 0.2) is 59.4 Å². The monoisotopic (exact) mass is 378 g/mol. The molecule has 136 valence electrons. The summed E-state index contributed by atoms with van der Waals surface area (Å²) < 4.78 is 0. The Bertz CT molecular complexity index is 1210. The lowest BCUT2D eigenvalue weighted by atomic mass is 9.93. The molecule has 0 bridgehead atoms. The van der Waals surface area contributed by atoms with Gasteiger partial charge in [-0.2, -0.15) is 0 Å². The highest BCUT2D eigenvalue weighted by Gasteiger charge is 2.17. The summed E-state index contributed by atoms with van der Waals surface area (Å²) in [7, 11) is 0. The number of aromatic hydroxyl groups is 1. The van der Waals surface area contributed by atoms with E-state index in [-0.39, 0.29) is 17.2 Å². The van der Waals surface area contributed by atoms with E-state index in [1.807, 2.05) is 42.5 Å². The number of benzene rings is 3. The Morgan fingerprint density at radius 2 is 1.78 bits per heavy atom. The number of aromatic amines is 1. The van der Waals surface area contributed by atoms with Crippen molar-refractivity contribution in [3.63, 3.8) is 0 Å². The molecule has 1 heterocycles. The van der Waals surface area contributed by atoms with Crippen molar-refractivity contribution in [1.29, 1.82) is 0 Å². The second-order valence-corrected chi connectivity index (χ2v) is 7.17. The Hall–Kier alpha value is -2.82. The summed E-state index contributed by atoms with van der Waals surface area (Å²) in [6, 6.07) is 16.7. The molecule has 0 fully saturated rings. The number of halogens is 1. The molecule has 0 saturated carbocycles. The largest absolute Gasteiger partial charge is 0.507 e. The summed E-state index contributed by atoms with van der Waals surface area (Å²) in [5, 5.41) is 13.0. The van der Waals surface area contributed by atoms with Gasteiger partial charge < -0.3 is 15.8 Å². The lowest BCUT2D eigenvalue weighted by Crippen LogP contribution is -2.08. The quantitative estimate of drug-likeness (QED) is 0.449. The standard InChI is InChI=1S/C22H19ClN2O2/c1-12(11-24)13-6-8-14(9-7-13)19-18(26)10-17(23)21-20(19)15-4-2-3-5-16(15)22(27)25-21/h2-10,12,26H,11,24H2,1H3,(H,25,27)/t12-/m0/s1. The zero-order valence-electron chi connectivity index (χ0n) is 14.8. The van der Waals surface area contributed by atoms with E-state index in [1.54, 1.807) is 6.07 Å². The summed E-state index contributed by atoms with van der Waals surface area (Å²) in [6.07, 6.45) is 0. The number of rotatable bonds is 3. The minimum atomic E-state index is -0.205. The molecule has 0 unspecified atom stereocenters. The molecule has 4 aromatic rings. The zero-order chi connectivity index (χ0) is 19.1. The van der Waals surface area contributed by atoms with Crippen LogP contribution in [0.25, 0.3) is 32.8 Å². The van der Waals surface area contributed by atoms with Crippen LogP contribution < -0.4 is 11.3 Å². The number of aromatic nitrogens is 1. The van der Waals surface area contributed by atoms with Crippen molar-refractivity contribution < 1.29 is 5.11 Å². The van der Waals surface area contributed by atoms with E-state index < -0.39 is 0 Å². The number of phenols is 1. The topological polar surface area (TPSA) is 79.1 Å². The molecule has 1 aromatic heterocycles. The van der Waals surface area contributed by atoms with Gasteiger partial charge in [-0.05, 0) is 35.0 Å². The lowest BCUT2D eigenvalue weighted by Gasteiger charge is -2.15. The number of hydrogen-bond donors (Lipinski definition) is 3. The fraction of sp³-hybridized carbons (Fsp3) is 0.136. The second kappa shape index (κ2) is 6.72. The van der Waals surface area contributed by atoms with Gasteiger partial charge in [-0.3, -0.25) is 4.79 Å². The highest BCUT2D eigenvalue weighted by molar-refractivity contribution is 6.37. The number of pyridine rings is 1. The van der Waals surface area contributed by atoms with Crippen molar-refractivity contribution in [2.24, 2.45) is 5.73 Å². The normalized spacial score (nSPS) is 12.6. The highest BCUT2D eigenvalue weighted by atomic mass is 35.5. The smallest absolute Gasteiger partial charge is 0.256 e. The molecule has 27 heavy (non-hydrogen) atoms. The first kappa shape index (κ1) is 17.6. The number of nitrogens with one attached hydrogen (secondary N) is 1. The molecule has 4 rings (SSSR count). The second-order valence-electron chi connectivity index (χ2n) is 6.76. The van der Waals surface area contributed by atoms with Crippen LogP contribution in [0.4, 0.5) is 0 Å². The van der Waals surface area contributed by atoms with Crippen LogP contribution in [-0.2, 0) is 0 Å². The van der Waals surface area contributed by atoms with E-state index >= 15 is 0 Å². The Morgan fingerprint density at radius 3 is 2.44 bits per heavy atom. The first-order valence-electron chi connectivity index (χ1n) is 8.78. The molecule has 5 heteroatoms. The Morgan fingerprint density at radius 1 is 1.11 bits per heavy atom. The van der Waals surface area contributed by atoms with Crippen molar-refractivity contribution in [2.75, 3.05) is 6.54 Å². The maximum atomic E-state index is 12.4. The molecule has 0 saturated heterocycles. The van der Waals surface area contributed by atoms with Crippen LogP contribution >= 0.6 is 11.6 Å². The SMILES string of the molecule is C[C@@H](CN)c1ccc(-c2c(O)cc(Cl)c3[nH]c(=O)c4ccccc4c23)cc1. The number of fused-ring (bicyclic) bond motifs is 3. The van der Waals surface area contributed by atoms with Gasteiger partial charge in [0.1, 0.15) is 5.75 Å². The van der Waals surface area contributed by atoms with Crippen LogP contribution in [-0.4, -0.2) is 16.6 Å². The van der Waals surface area contributed by atoms with Crippen LogP contribution in [0.2, 0.25) is 5.02 Å². The third-order valence-corrected chi connectivity index (χ3v) is 5.36. The van der Waals surface area contributed by atoms with Crippen molar-refractivity contribution >= 4 is 33.3 Å². The van der Waals surface area contributed by atoms with Crippen LogP contribution in [0.5, 0.6) is 5.75 Å². The number of nitrogens with two attached hydrogens (primary N) is 1. The summed E-state index contributed by atoms with van der Waals surface area (Å²) in [4.78, 5) is 15.3. The van der Waals surface area contributed by atoms with E-state index in [0.717, 1.165) is 21.9 Å². The minimum absolute atomic E-state index is 0.0734. The van der Waals surface area contributed by atoms with Gasteiger partial charge in [-0.1, -0.05) is 61.0 Å². The average Bonchev–Trinajstić information content (AvgIpc) is 2.69. The molecule has 0 amide bonds. The van der Waals surface area contributed by atoms with Gasteiger partial charge in [0, 0.05) is 22.4 Å². The average molecular weight is 379 g/mol. The van der Waals surface area contributed by atoms with Crippen molar-refractivity contribution in [3.05, 3.63) is 75.5 Å². The number of H-pyrrole nitrogens is 1. The highest BCUT2D eigenvalue weighted by Crippen LogP contribution is 2.42. The third-order valence-electron chi connectivity index (χ3n) is 5.06. The molecule has 0 aliphatic carbocycles. The van der Waals surface area contributed by atoms with E-state index in [2.05, 4.69) is 11.9 Å². The Kier molecular flexibility index (Phi) is 4.38. The van der Waals surface area contributed by atoms with Gasteiger partial charge in [-0.15, -0.1) is 0 Å². The van der Waals surface area contributed by atoms with Gasteiger partial charge in [0.2, 0.25) is 0 Å². The van der Waals surface area contributed by atoms with E-state index in [1.165, 1.54) is 6.07 Å². The first-order valence-corrected chi connectivity index (χ1v) is 9.15. The van der Waals surface area contributed by atoms with Gasteiger partial charge in [0.15, 0.2) is 0 Å². The molecule has 0 spiro atoms. The van der Waals surface area contributed by atoms with Crippen molar-refractivity contribution in [3.8, 4) is 16.9 Å². The maximum Gasteiger partial charge on any atom is 0.256 e. The van der Waals surface area contributed by atoms with Crippen molar-refractivity contribution in [2.45, 2.75) is 12.8 Å². The zero-order valence-corrected chi connectivity index (χ0v) is 15.5. The fourth-order valence-corrected chi connectivity index (χ4v) is 3.76. The molecular formula is C22H19ClN2O2. The molecule has 4 nitrogen and oxygen atoms in total. The van der Waals surface area contributed by atoms with Crippen molar-refractivity contribution in [1.82, 2.24) is 4.98 Å². The molecule has 0 radical (unpaired) electrons. The van der Waals surface area contributed by atoms with Gasteiger partial charge >= 0.3 is 0 Å². The van der Waals surface area contributed by atoms with E-state index in [4.69, 9.17) is 17.3 Å².